The lowest BCUT2D eigenvalue weighted by atomic mass is 9.87. The first kappa shape index (κ1) is 9.30. The van der Waals surface area contributed by atoms with Crippen LogP contribution in [0.5, 0.6) is 0 Å². The second-order valence-electron chi connectivity index (χ2n) is 3.99. The van der Waals surface area contributed by atoms with E-state index >= 15 is 0 Å². The van der Waals surface area contributed by atoms with E-state index in [1.807, 2.05) is 24.3 Å². The average Bonchev–Trinajstić information content (AvgIpc) is 2.55. The Kier molecular flexibility index (Phi) is 1.76. The molecule has 2 N–H and O–H groups in total. The van der Waals surface area contributed by atoms with Crippen LogP contribution in [-0.4, -0.2) is 16.8 Å². The van der Waals surface area contributed by atoms with Gasteiger partial charge in [-0.3, -0.25) is 9.59 Å². The van der Waals surface area contributed by atoms with Crippen LogP contribution < -0.4 is 5.84 Å². The summed E-state index contributed by atoms with van der Waals surface area (Å²) in [7, 11) is 0. The third kappa shape index (κ3) is 1.02. The van der Waals surface area contributed by atoms with Crippen molar-refractivity contribution in [2.24, 2.45) is 5.84 Å². The van der Waals surface area contributed by atoms with Gasteiger partial charge in [-0.2, -0.15) is 0 Å². The van der Waals surface area contributed by atoms with Crippen molar-refractivity contribution in [3.8, 4) is 0 Å². The topological polar surface area (TPSA) is 63.4 Å². The number of hydrogen-bond acceptors (Lipinski definition) is 3. The molecular weight excluding hydrogens is 204 g/mol. The molecule has 0 radical (unpaired) electrons. The first-order valence-corrected chi connectivity index (χ1v) is 5.15. The number of nitrogens with two attached hydrogens (primary N) is 1. The van der Waals surface area contributed by atoms with Gasteiger partial charge in [-0.1, -0.05) is 24.3 Å². The molecule has 0 aromatic heterocycles. The van der Waals surface area contributed by atoms with E-state index in [9.17, 15) is 9.59 Å². The minimum absolute atomic E-state index is 0.352. The second kappa shape index (κ2) is 3.02. The average molecular weight is 214 g/mol. The van der Waals surface area contributed by atoms with Crippen LogP contribution in [0.3, 0.4) is 0 Å². The van der Waals surface area contributed by atoms with Gasteiger partial charge < -0.3 is 0 Å². The van der Waals surface area contributed by atoms with Crippen molar-refractivity contribution in [3.05, 3.63) is 41.0 Å². The highest BCUT2D eigenvalue weighted by Crippen LogP contribution is 2.36. The van der Waals surface area contributed by atoms with Gasteiger partial charge in [-0.15, -0.1) is 0 Å². The number of imide groups is 1. The van der Waals surface area contributed by atoms with E-state index < -0.39 is 0 Å². The number of aryl methyl sites for hydroxylation is 1. The summed E-state index contributed by atoms with van der Waals surface area (Å²) in [5.41, 5.74) is 3.02. The largest absolute Gasteiger partial charge is 0.276 e. The van der Waals surface area contributed by atoms with Gasteiger partial charge in [-0.05, 0) is 24.0 Å². The summed E-state index contributed by atoms with van der Waals surface area (Å²) in [5.74, 6) is 4.70. The van der Waals surface area contributed by atoms with E-state index in [0.717, 1.165) is 17.5 Å². The van der Waals surface area contributed by atoms with E-state index in [4.69, 9.17) is 5.84 Å². The van der Waals surface area contributed by atoms with Gasteiger partial charge in [0, 0.05) is 5.57 Å². The number of carbonyl (C=O) groups is 2. The zero-order valence-electron chi connectivity index (χ0n) is 8.56. The van der Waals surface area contributed by atoms with Crippen LogP contribution in [0, 0.1) is 0 Å². The number of fused-ring (bicyclic) bond motifs is 2. The minimum Gasteiger partial charge on any atom is -0.267 e. The molecule has 1 heterocycles. The number of hydrazine groups is 1. The van der Waals surface area contributed by atoms with Gasteiger partial charge in [0.2, 0.25) is 0 Å². The van der Waals surface area contributed by atoms with E-state index in [2.05, 4.69) is 0 Å². The zero-order chi connectivity index (χ0) is 11.3. The molecule has 0 fully saturated rings. The summed E-state index contributed by atoms with van der Waals surface area (Å²) in [6, 6.07) is 7.65. The monoisotopic (exact) mass is 214 g/mol. The molecule has 1 aromatic rings. The lowest BCUT2D eigenvalue weighted by Crippen LogP contribution is -2.37. The molecule has 0 unspecified atom stereocenters. The highest BCUT2D eigenvalue weighted by molar-refractivity contribution is 6.36. The van der Waals surface area contributed by atoms with Crippen molar-refractivity contribution in [3.63, 3.8) is 0 Å². The molecule has 0 spiro atoms. The molecule has 4 nitrogen and oxygen atoms in total. The maximum Gasteiger partial charge on any atom is 0.276 e. The number of nitrogens with zero attached hydrogens (tertiary/aromatic N) is 1. The predicted molar refractivity (Wildman–Crippen MR) is 57.7 cm³/mol. The number of rotatable bonds is 0. The standard InChI is InChI=1S/C12H10N2O2/c13-14-11(15)9-6-5-7-3-1-2-4-8(7)10(9)12(14)16/h1-4H,5-6,13H2. The zero-order valence-corrected chi connectivity index (χ0v) is 8.56. The Labute approximate surface area is 92.3 Å². The van der Waals surface area contributed by atoms with E-state index in [-0.39, 0.29) is 11.8 Å². The number of carbonyl (C=O) groups excluding carboxylic acids is 2. The SMILES string of the molecule is NN1C(=O)C2=C(C1=O)c1ccccc1CC2. The summed E-state index contributed by atoms with van der Waals surface area (Å²) >= 11 is 0. The van der Waals surface area contributed by atoms with Crippen molar-refractivity contribution in [2.45, 2.75) is 12.8 Å². The van der Waals surface area contributed by atoms with Crippen LogP contribution in [0.25, 0.3) is 5.57 Å². The normalized spacial score (nSPS) is 18.9. The van der Waals surface area contributed by atoms with Crippen molar-refractivity contribution < 1.29 is 9.59 Å². The summed E-state index contributed by atoms with van der Waals surface area (Å²) in [6.45, 7) is 0. The Morgan fingerprint density at radius 3 is 2.62 bits per heavy atom. The van der Waals surface area contributed by atoms with Gasteiger partial charge in [0.05, 0.1) is 5.57 Å². The first-order valence-electron chi connectivity index (χ1n) is 5.15. The van der Waals surface area contributed by atoms with Gasteiger partial charge in [0.15, 0.2) is 0 Å². The molecule has 0 bridgehead atoms. The maximum atomic E-state index is 11.8. The van der Waals surface area contributed by atoms with Gasteiger partial charge in [0.1, 0.15) is 0 Å². The number of benzene rings is 1. The van der Waals surface area contributed by atoms with Crippen LogP contribution in [0.4, 0.5) is 0 Å². The fourth-order valence-electron chi connectivity index (χ4n) is 2.35. The third-order valence-electron chi connectivity index (χ3n) is 3.14. The van der Waals surface area contributed by atoms with Gasteiger partial charge in [-0.25, -0.2) is 10.9 Å². The molecule has 80 valence electrons. The summed E-state index contributed by atoms with van der Waals surface area (Å²) in [4.78, 5) is 23.5. The molecule has 2 amide bonds. The Morgan fingerprint density at radius 1 is 1.06 bits per heavy atom. The summed E-state index contributed by atoms with van der Waals surface area (Å²) < 4.78 is 0. The van der Waals surface area contributed by atoms with Crippen LogP contribution >= 0.6 is 0 Å². The molecule has 0 saturated heterocycles. The number of amides is 2. The van der Waals surface area contributed by atoms with Crippen LogP contribution in [0.2, 0.25) is 0 Å². The molecule has 0 atom stereocenters. The lowest BCUT2D eigenvalue weighted by molar-refractivity contribution is -0.137. The van der Waals surface area contributed by atoms with Crippen molar-refractivity contribution in [1.29, 1.82) is 0 Å². The quantitative estimate of drug-likeness (QED) is 0.391. The summed E-state index contributed by atoms with van der Waals surface area (Å²) in [5, 5.41) is 0.715. The molecular formula is C12H10N2O2. The first-order chi connectivity index (χ1) is 7.70. The third-order valence-corrected chi connectivity index (χ3v) is 3.14. The fourth-order valence-corrected chi connectivity index (χ4v) is 2.35. The molecule has 1 aliphatic heterocycles. The van der Waals surface area contributed by atoms with Crippen LogP contribution in [0.15, 0.2) is 29.8 Å². The predicted octanol–water partition coefficient (Wildman–Crippen LogP) is 0.629. The lowest BCUT2D eigenvalue weighted by Gasteiger charge is -2.15. The highest BCUT2D eigenvalue weighted by Gasteiger charge is 2.39. The molecule has 2 aliphatic rings. The second-order valence-corrected chi connectivity index (χ2v) is 3.99. The van der Waals surface area contributed by atoms with Crippen molar-refractivity contribution in [1.82, 2.24) is 5.01 Å². The minimum atomic E-state index is -0.382. The Bertz CT molecular complexity index is 546. The Morgan fingerprint density at radius 2 is 1.81 bits per heavy atom. The molecule has 16 heavy (non-hydrogen) atoms. The van der Waals surface area contributed by atoms with Crippen LogP contribution in [-0.2, 0) is 16.0 Å². The van der Waals surface area contributed by atoms with Gasteiger partial charge in [0.25, 0.3) is 11.8 Å². The van der Waals surface area contributed by atoms with Crippen molar-refractivity contribution >= 4 is 17.4 Å². The number of hydrogen-bond donors (Lipinski definition) is 1. The van der Waals surface area contributed by atoms with Crippen LogP contribution in [0.1, 0.15) is 17.5 Å². The molecule has 1 aliphatic carbocycles. The van der Waals surface area contributed by atoms with E-state index in [1.165, 1.54) is 0 Å². The smallest absolute Gasteiger partial charge is 0.267 e. The maximum absolute atomic E-state index is 11.8. The van der Waals surface area contributed by atoms with Gasteiger partial charge >= 0.3 is 0 Å². The highest BCUT2D eigenvalue weighted by atomic mass is 16.2. The Balaban J connectivity index is 2.25. The van der Waals surface area contributed by atoms with E-state index in [0.29, 0.717) is 22.6 Å². The molecule has 4 heteroatoms. The molecule has 3 rings (SSSR count). The summed E-state index contributed by atoms with van der Waals surface area (Å²) in [6.07, 6.45) is 1.40. The van der Waals surface area contributed by atoms with Crippen molar-refractivity contribution in [2.75, 3.05) is 0 Å². The molecule has 1 aromatic carbocycles. The molecule has 0 saturated carbocycles. The van der Waals surface area contributed by atoms with E-state index in [1.54, 1.807) is 0 Å². The Hall–Kier alpha value is -1.94. The fraction of sp³-hybridized carbons (Fsp3) is 0.167.